The van der Waals surface area contributed by atoms with Crippen LogP contribution in [-0.4, -0.2) is 23.4 Å². The zero-order valence-corrected chi connectivity index (χ0v) is 15.1. The minimum Gasteiger partial charge on any atom is -0.225 e. The van der Waals surface area contributed by atoms with Crippen molar-refractivity contribution in [1.29, 1.82) is 0 Å². The maximum atomic E-state index is 12.0. The van der Waals surface area contributed by atoms with Crippen molar-refractivity contribution in [2.45, 2.75) is 21.9 Å². The summed E-state index contributed by atoms with van der Waals surface area (Å²) < 4.78 is 49.3. The van der Waals surface area contributed by atoms with E-state index in [0.717, 1.165) is 16.9 Å². The lowest BCUT2D eigenvalue weighted by atomic mass is 10.1. The molecule has 0 fully saturated rings. The maximum Gasteiger partial charge on any atom is 0.250 e. The van der Waals surface area contributed by atoms with Crippen molar-refractivity contribution in [3.8, 4) is 0 Å². The molecule has 0 unspecified atom stereocenters. The first-order valence-electron chi connectivity index (χ1n) is 6.55. The zero-order valence-electron chi connectivity index (χ0n) is 11.9. The van der Waals surface area contributed by atoms with E-state index < -0.39 is 20.0 Å². The van der Waals surface area contributed by atoms with Crippen LogP contribution < -0.4 is 9.86 Å². The summed E-state index contributed by atoms with van der Waals surface area (Å²) in [6.45, 7) is 0.273. The minimum absolute atomic E-state index is 0.0523. The van der Waals surface area contributed by atoms with E-state index in [4.69, 9.17) is 16.7 Å². The van der Waals surface area contributed by atoms with Gasteiger partial charge in [0.1, 0.15) is 4.21 Å². The van der Waals surface area contributed by atoms with Gasteiger partial charge >= 0.3 is 0 Å². The molecule has 0 amide bonds. The second kappa shape index (κ2) is 7.29. The first-order valence-corrected chi connectivity index (χ1v) is 10.8. The molecule has 0 saturated carbocycles. The summed E-state index contributed by atoms with van der Waals surface area (Å²) in [7, 11) is -7.23. The number of thiophene rings is 1. The van der Waals surface area contributed by atoms with Crippen LogP contribution in [0, 0.1) is 0 Å². The van der Waals surface area contributed by atoms with E-state index in [0.29, 0.717) is 17.2 Å². The minimum atomic E-state index is -3.69. The molecule has 2 aromatic rings. The van der Waals surface area contributed by atoms with E-state index in [-0.39, 0.29) is 15.6 Å². The van der Waals surface area contributed by atoms with Crippen LogP contribution in [0.4, 0.5) is 0 Å². The number of sulfonamides is 2. The van der Waals surface area contributed by atoms with E-state index in [1.807, 2.05) is 0 Å². The van der Waals surface area contributed by atoms with Crippen molar-refractivity contribution in [1.82, 2.24) is 4.72 Å². The number of benzene rings is 1. The van der Waals surface area contributed by atoms with Crippen LogP contribution in [0.2, 0.25) is 4.34 Å². The SMILES string of the molecule is NS(=O)(=O)c1ccc(CCCNS(=O)(=O)c2ccc(Cl)s2)cc1. The number of halogens is 1. The van der Waals surface area contributed by atoms with Crippen molar-refractivity contribution < 1.29 is 16.8 Å². The Kier molecular flexibility index (Phi) is 5.82. The second-order valence-corrected chi connectivity index (χ2v) is 10.0. The Hall–Kier alpha value is -0.970. The van der Waals surface area contributed by atoms with Gasteiger partial charge in [-0.15, -0.1) is 11.3 Å². The van der Waals surface area contributed by atoms with Crippen LogP contribution >= 0.6 is 22.9 Å². The number of primary sulfonamides is 1. The third-order valence-corrected chi connectivity index (χ3v) is 7.11. The van der Waals surface area contributed by atoms with Crippen LogP contribution in [0.5, 0.6) is 0 Å². The molecule has 0 atom stereocenters. The summed E-state index contributed by atoms with van der Waals surface area (Å²) in [5.41, 5.74) is 0.899. The maximum absolute atomic E-state index is 12.0. The Morgan fingerprint density at radius 2 is 1.70 bits per heavy atom. The fourth-order valence-corrected chi connectivity index (χ4v) is 4.97. The van der Waals surface area contributed by atoms with Crippen LogP contribution in [0.15, 0.2) is 45.5 Å². The molecule has 2 rings (SSSR count). The first-order chi connectivity index (χ1) is 10.7. The summed E-state index contributed by atoms with van der Waals surface area (Å²) in [6, 6.07) is 9.18. The van der Waals surface area contributed by atoms with Gasteiger partial charge in [0.25, 0.3) is 0 Å². The van der Waals surface area contributed by atoms with Crippen LogP contribution in [0.25, 0.3) is 0 Å². The molecule has 0 aliphatic heterocycles. The fourth-order valence-electron chi connectivity index (χ4n) is 1.86. The fraction of sp³-hybridized carbons (Fsp3) is 0.231. The monoisotopic (exact) mass is 394 g/mol. The highest BCUT2D eigenvalue weighted by atomic mass is 35.5. The Balaban J connectivity index is 1.86. The molecule has 6 nitrogen and oxygen atoms in total. The number of aryl methyl sites for hydroxylation is 1. The number of nitrogens with one attached hydrogen (secondary N) is 1. The smallest absolute Gasteiger partial charge is 0.225 e. The van der Waals surface area contributed by atoms with Crippen LogP contribution in [-0.2, 0) is 26.5 Å². The first kappa shape index (κ1) is 18.4. The molecule has 23 heavy (non-hydrogen) atoms. The average molecular weight is 395 g/mol. The molecular weight excluding hydrogens is 380 g/mol. The van der Waals surface area contributed by atoms with E-state index in [1.165, 1.54) is 24.3 Å². The summed E-state index contributed by atoms with van der Waals surface area (Å²) in [4.78, 5) is 0.0523. The lowest BCUT2D eigenvalue weighted by Crippen LogP contribution is -2.24. The highest BCUT2D eigenvalue weighted by Gasteiger charge is 2.15. The number of nitrogens with two attached hydrogens (primary N) is 1. The van der Waals surface area contributed by atoms with Gasteiger partial charge in [-0.05, 0) is 42.7 Å². The van der Waals surface area contributed by atoms with Crippen molar-refractivity contribution in [2.75, 3.05) is 6.54 Å². The number of rotatable bonds is 7. The third kappa shape index (κ3) is 5.27. The van der Waals surface area contributed by atoms with Crippen molar-refractivity contribution in [3.63, 3.8) is 0 Å². The molecule has 0 bridgehead atoms. The van der Waals surface area contributed by atoms with E-state index in [1.54, 1.807) is 12.1 Å². The Morgan fingerprint density at radius 3 is 2.22 bits per heavy atom. The Labute approximate surface area is 144 Å². The molecule has 1 heterocycles. The summed E-state index contributed by atoms with van der Waals surface area (Å²) in [6.07, 6.45) is 1.19. The predicted octanol–water partition coefficient (Wildman–Crippen LogP) is 1.96. The lowest BCUT2D eigenvalue weighted by molar-refractivity contribution is 0.581. The number of hydrogen-bond acceptors (Lipinski definition) is 5. The van der Waals surface area contributed by atoms with E-state index >= 15 is 0 Å². The largest absolute Gasteiger partial charge is 0.250 e. The molecule has 0 radical (unpaired) electrons. The molecule has 10 heteroatoms. The molecule has 0 aliphatic rings. The predicted molar refractivity (Wildman–Crippen MR) is 90.7 cm³/mol. The topological polar surface area (TPSA) is 106 Å². The van der Waals surface area contributed by atoms with E-state index in [2.05, 4.69) is 4.72 Å². The normalized spacial score (nSPS) is 12.4. The molecule has 1 aromatic carbocycles. The van der Waals surface area contributed by atoms with Crippen LogP contribution in [0.3, 0.4) is 0 Å². The molecular formula is C13H15ClN2O4S3. The average Bonchev–Trinajstić information content (AvgIpc) is 2.91. The van der Waals surface area contributed by atoms with Crippen molar-refractivity contribution >= 4 is 43.0 Å². The van der Waals surface area contributed by atoms with Gasteiger partial charge in [-0.2, -0.15) is 0 Å². The summed E-state index contributed by atoms with van der Waals surface area (Å²) >= 11 is 6.73. The van der Waals surface area contributed by atoms with Crippen molar-refractivity contribution in [2.24, 2.45) is 5.14 Å². The summed E-state index contributed by atoms with van der Waals surface area (Å²) in [5.74, 6) is 0. The van der Waals surface area contributed by atoms with Crippen LogP contribution in [0.1, 0.15) is 12.0 Å². The molecule has 0 saturated heterocycles. The highest BCUT2D eigenvalue weighted by molar-refractivity contribution is 7.91. The van der Waals surface area contributed by atoms with Gasteiger partial charge in [0, 0.05) is 6.54 Å². The lowest BCUT2D eigenvalue weighted by Gasteiger charge is -2.05. The quantitative estimate of drug-likeness (QED) is 0.700. The molecule has 0 spiro atoms. The van der Waals surface area contributed by atoms with Gasteiger partial charge in [-0.1, -0.05) is 23.7 Å². The molecule has 3 N–H and O–H groups in total. The summed E-state index contributed by atoms with van der Waals surface area (Å²) in [5, 5.41) is 5.02. The van der Waals surface area contributed by atoms with Gasteiger partial charge in [0.05, 0.1) is 9.23 Å². The number of hydrogen-bond donors (Lipinski definition) is 2. The van der Waals surface area contributed by atoms with Gasteiger partial charge in [-0.25, -0.2) is 26.7 Å². The van der Waals surface area contributed by atoms with Gasteiger partial charge < -0.3 is 0 Å². The molecule has 0 aliphatic carbocycles. The van der Waals surface area contributed by atoms with Gasteiger partial charge in [0.15, 0.2) is 0 Å². The third-order valence-electron chi connectivity index (χ3n) is 3.00. The Morgan fingerprint density at radius 1 is 1.04 bits per heavy atom. The highest BCUT2D eigenvalue weighted by Crippen LogP contribution is 2.25. The van der Waals surface area contributed by atoms with E-state index in [9.17, 15) is 16.8 Å². The van der Waals surface area contributed by atoms with Gasteiger partial charge in [-0.3, -0.25) is 0 Å². The standard InChI is InChI=1S/C13H15ClN2O4S3/c14-12-7-8-13(21-12)23(19,20)16-9-1-2-10-3-5-11(6-4-10)22(15,17)18/h3-8,16H,1-2,9H2,(H2,15,17,18). The molecule has 126 valence electrons. The molecule has 1 aromatic heterocycles. The van der Waals surface area contributed by atoms with Crippen molar-refractivity contribution in [3.05, 3.63) is 46.3 Å². The Bertz CT molecular complexity index is 874. The zero-order chi connectivity index (χ0) is 17.1. The van der Waals surface area contributed by atoms with Gasteiger partial charge in [0.2, 0.25) is 20.0 Å². The second-order valence-electron chi connectivity index (χ2n) is 4.75.